The molecule has 0 aliphatic carbocycles. The van der Waals surface area contributed by atoms with Crippen molar-refractivity contribution >= 4 is 65.6 Å². The minimum Gasteiger partial charge on any atom is -0.455 e. The summed E-state index contributed by atoms with van der Waals surface area (Å²) in [5, 5.41) is 6.84. The van der Waals surface area contributed by atoms with Gasteiger partial charge < -0.3 is 13.6 Å². The molecule has 0 fully saturated rings. The lowest BCUT2D eigenvalue weighted by molar-refractivity contribution is 0.670. The van der Waals surface area contributed by atoms with Crippen molar-refractivity contribution in [3.63, 3.8) is 0 Å². The van der Waals surface area contributed by atoms with E-state index in [0.717, 1.165) is 77.6 Å². The van der Waals surface area contributed by atoms with E-state index in [9.17, 15) is 0 Å². The molecule has 294 valence electrons. The number of rotatable bonds is 6. The van der Waals surface area contributed by atoms with Crippen molar-refractivity contribution in [3.8, 4) is 56.7 Å². The van der Waals surface area contributed by atoms with Crippen LogP contribution in [0.3, 0.4) is 0 Å². The summed E-state index contributed by atoms with van der Waals surface area (Å²) in [6.07, 6.45) is 0. The van der Waals surface area contributed by atoms with Crippen molar-refractivity contribution in [3.05, 3.63) is 212 Å². The predicted molar refractivity (Wildman–Crippen MR) is 258 cm³/mol. The third-order valence-electron chi connectivity index (χ3n) is 12.4. The van der Waals surface area contributed by atoms with Crippen LogP contribution in [0.2, 0.25) is 0 Å². The van der Waals surface area contributed by atoms with E-state index in [1.54, 1.807) is 0 Å². The van der Waals surface area contributed by atoms with E-state index in [1.807, 2.05) is 66.7 Å². The number of para-hydroxylation sites is 5. The molecule has 4 aromatic heterocycles. The van der Waals surface area contributed by atoms with E-state index in [1.165, 1.54) is 27.2 Å². The molecule has 63 heavy (non-hydrogen) atoms. The number of hydrogen-bond acceptors (Lipinski definition) is 4. The molecule has 0 atom stereocenters. The Bertz CT molecular complexity index is 3830. The number of aromatic nitrogens is 5. The van der Waals surface area contributed by atoms with E-state index >= 15 is 0 Å². The Kier molecular flexibility index (Phi) is 7.80. The van der Waals surface area contributed by atoms with Gasteiger partial charge in [-0.3, -0.25) is 0 Å². The SMILES string of the molecule is c1ccc(-c2nc(-c3ccccc3)nc(-c3cccc4c3oc3c(-c5ccc6c(c5)c5c(ccc7c8ccccc8n(-c8ccccc8)c75)n6-c5ccccc5)cccc34)n2)cc1. The zero-order valence-electron chi connectivity index (χ0n) is 33.9. The normalized spacial score (nSPS) is 11.8. The number of furan rings is 1. The van der Waals surface area contributed by atoms with Gasteiger partial charge in [-0.05, 0) is 60.2 Å². The maximum Gasteiger partial charge on any atom is 0.167 e. The van der Waals surface area contributed by atoms with Gasteiger partial charge in [-0.25, -0.2) is 15.0 Å². The van der Waals surface area contributed by atoms with Crippen LogP contribution >= 0.6 is 0 Å². The molecule has 0 saturated heterocycles. The molecular weight excluding hydrogens is 771 g/mol. The van der Waals surface area contributed by atoms with Crippen molar-refractivity contribution in [1.29, 1.82) is 0 Å². The van der Waals surface area contributed by atoms with Crippen molar-refractivity contribution in [2.75, 3.05) is 0 Å². The fourth-order valence-electron chi connectivity index (χ4n) is 9.58. The summed E-state index contributed by atoms with van der Waals surface area (Å²) in [5.41, 5.74) is 13.2. The van der Waals surface area contributed by atoms with E-state index < -0.39 is 0 Å². The van der Waals surface area contributed by atoms with Gasteiger partial charge in [-0.15, -0.1) is 0 Å². The van der Waals surface area contributed by atoms with Crippen LogP contribution < -0.4 is 0 Å². The zero-order valence-corrected chi connectivity index (χ0v) is 33.9. The van der Waals surface area contributed by atoms with Crippen LogP contribution in [0.5, 0.6) is 0 Å². The van der Waals surface area contributed by atoms with E-state index in [0.29, 0.717) is 17.5 Å². The first kappa shape index (κ1) is 35.2. The second kappa shape index (κ2) is 14.0. The smallest absolute Gasteiger partial charge is 0.167 e. The van der Waals surface area contributed by atoms with Crippen LogP contribution in [0.15, 0.2) is 217 Å². The second-order valence-electron chi connectivity index (χ2n) is 16.0. The lowest BCUT2D eigenvalue weighted by Crippen LogP contribution is -2.00. The van der Waals surface area contributed by atoms with Crippen LogP contribution in [0, 0.1) is 0 Å². The van der Waals surface area contributed by atoms with E-state index in [-0.39, 0.29) is 0 Å². The molecule has 13 aromatic rings. The summed E-state index contributed by atoms with van der Waals surface area (Å²) in [5.74, 6) is 1.77. The highest BCUT2D eigenvalue weighted by Crippen LogP contribution is 2.45. The molecule has 0 amide bonds. The standard InChI is InChI=1S/C57H35N5O/c1-5-17-36(18-6-1)55-58-56(37-19-7-2-8-20-37)60-57(59-55)46-29-16-28-45-44-27-15-26-41(53(44)63-54(45)46)38-31-33-49-47(35-38)51-50(61(49)39-21-9-3-10-22-39)34-32-43-42-25-13-14-30-48(42)62(52(43)51)40-23-11-4-12-24-40/h1-35H. The van der Waals surface area contributed by atoms with Gasteiger partial charge in [0.15, 0.2) is 17.5 Å². The van der Waals surface area contributed by atoms with Gasteiger partial charge in [0.25, 0.3) is 0 Å². The molecule has 9 aromatic carbocycles. The van der Waals surface area contributed by atoms with Crippen LogP contribution in [-0.4, -0.2) is 24.1 Å². The van der Waals surface area contributed by atoms with Gasteiger partial charge in [-0.2, -0.15) is 0 Å². The summed E-state index contributed by atoms with van der Waals surface area (Å²) in [4.78, 5) is 15.1. The monoisotopic (exact) mass is 805 g/mol. The molecule has 0 spiro atoms. The molecule has 0 bridgehead atoms. The molecule has 0 radical (unpaired) electrons. The minimum absolute atomic E-state index is 0.557. The highest BCUT2D eigenvalue weighted by atomic mass is 16.3. The Balaban J connectivity index is 1.06. The summed E-state index contributed by atoms with van der Waals surface area (Å²) < 4.78 is 11.9. The predicted octanol–water partition coefficient (Wildman–Crippen LogP) is 14.6. The number of nitrogens with zero attached hydrogens (tertiary/aromatic N) is 5. The number of fused-ring (bicyclic) bond motifs is 10. The largest absolute Gasteiger partial charge is 0.455 e. The van der Waals surface area contributed by atoms with Gasteiger partial charge in [0.1, 0.15) is 11.2 Å². The molecular formula is C57H35N5O. The van der Waals surface area contributed by atoms with Gasteiger partial charge in [0.05, 0.1) is 27.6 Å². The lowest BCUT2D eigenvalue weighted by atomic mass is 9.99. The van der Waals surface area contributed by atoms with E-state index in [2.05, 4.69) is 155 Å². The fourth-order valence-corrected chi connectivity index (χ4v) is 9.58. The Labute approximate surface area is 361 Å². The Morgan fingerprint density at radius 1 is 0.317 bits per heavy atom. The van der Waals surface area contributed by atoms with Crippen molar-refractivity contribution in [2.24, 2.45) is 0 Å². The van der Waals surface area contributed by atoms with Crippen molar-refractivity contribution in [1.82, 2.24) is 24.1 Å². The Hall–Kier alpha value is -8.61. The third-order valence-corrected chi connectivity index (χ3v) is 12.4. The molecule has 4 heterocycles. The molecule has 0 unspecified atom stereocenters. The Morgan fingerprint density at radius 2 is 0.825 bits per heavy atom. The second-order valence-corrected chi connectivity index (χ2v) is 16.0. The number of hydrogen-bond donors (Lipinski definition) is 0. The Morgan fingerprint density at radius 3 is 1.49 bits per heavy atom. The number of benzene rings is 9. The molecule has 0 aliphatic rings. The van der Waals surface area contributed by atoms with Gasteiger partial charge in [0, 0.05) is 60.4 Å². The van der Waals surface area contributed by atoms with Crippen molar-refractivity contribution in [2.45, 2.75) is 0 Å². The zero-order chi connectivity index (χ0) is 41.4. The molecule has 13 rings (SSSR count). The van der Waals surface area contributed by atoms with Crippen LogP contribution in [0.1, 0.15) is 0 Å². The van der Waals surface area contributed by atoms with Gasteiger partial charge in [-0.1, -0.05) is 158 Å². The minimum atomic E-state index is 0.557. The fraction of sp³-hybridized carbons (Fsp3) is 0. The quantitative estimate of drug-likeness (QED) is 0.168. The highest BCUT2D eigenvalue weighted by molar-refractivity contribution is 6.26. The van der Waals surface area contributed by atoms with Crippen molar-refractivity contribution < 1.29 is 4.42 Å². The lowest BCUT2D eigenvalue weighted by Gasteiger charge is -2.09. The average Bonchev–Trinajstić information content (AvgIpc) is 4.02. The molecule has 6 nitrogen and oxygen atoms in total. The average molecular weight is 806 g/mol. The summed E-state index contributed by atoms with van der Waals surface area (Å²) in [7, 11) is 0. The first-order valence-corrected chi connectivity index (χ1v) is 21.2. The molecule has 0 saturated carbocycles. The maximum atomic E-state index is 7.07. The first-order chi connectivity index (χ1) is 31.3. The molecule has 0 aliphatic heterocycles. The van der Waals surface area contributed by atoms with Crippen LogP contribution in [0.4, 0.5) is 0 Å². The maximum absolute atomic E-state index is 7.07. The highest BCUT2D eigenvalue weighted by Gasteiger charge is 2.23. The summed E-state index contributed by atoms with van der Waals surface area (Å²) in [6, 6.07) is 74.4. The summed E-state index contributed by atoms with van der Waals surface area (Å²) >= 11 is 0. The topological polar surface area (TPSA) is 61.7 Å². The summed E-state index contributed by atoms with van der Waals surface area (Å²) in [6.45, 7) is 0. The van der Waals surface area contributed by atoms with Gasteiger partial charge >= 0.3 is 0 Å². The first-order valence-electron chi connectivity index (χ1n) is 21.2. The van der Waals surface area contributed by atoms with Gasteiger partial charge in [0.2, 0.25) is 0 Å². The van der Waals surface area contributed by atoms with Crippen LogP contribution in [0.25, 0.3) is 122 Å². The third kappa shape index (κ3) is 5.48. The molecule has 0 N–H and O–H groups in total. The van der Waals surface area contributed by atoms with E-state index in [4.69, 9.17) is 19.4 Å². The molecule has 6 heteroatoms. The van der Waals surface area contributed by atoms with Crippen LogP contribution in [-0.2, 0) is 0 Å².